The monoisotopic (exact) mass is 198 g/mol. The average molecular weight is 198 g/mol. The number of hydrogen-bond donors (Lipinski definition) is 0. The third-order valence-electron chi connectivity index (χ3n) is 2.94. The molecule has 0 heterocycles. The van der Waals surface area contributed by atoms with Crippen molar-refractivity contribution in [3.63, 3.8) is 0 Å². The minimum absolute atomic E-state index is 0.441. The Morgan fingerprint density at radius 3 is 2.71 bits per heavy atom. The molecule has 2 heteroatoms. The minimum atomic E-state index is 0.441. The molecule has 1 rings (SSSR count). The molecule has 1 saturated carbocycles. The highest BCUT2D eigenvalue weighted by atomic mass is 16.5. The van der Waals surface area contributed by atoms with Crippen LogP contribution in [0, 0.1) is 5.92 Å². The number of rotatable bonds is 7. The zero-order valence-corrected chi connectivity index (χ0v) is 9.26. The van der Waals surface area contributed by atoms with Crippen LogP contribution in [0.25, 0.3) is 0 Å². The highest BCUT2D eigenvalue weighted by molar-refractivity contribution is 5.78. The van der Waals surface area contributed by atoms with Gasteiger partial charge in [-0.2, -0.15) is 0 Å². The van der Waals surface area contributed by atoms with Gasteiger partial charge in [0.05, 0.1) is 0 Å². The summed E-state index contributed by atoms with van der Waals surface area (Å²) < 4.78 is 5.20. The maximum Gasteiger partial charge on any atom is 0.133 e. The van der Waals surface area contributed by atoms with Gasteiger partial charge < -0.3 is 4.74 Å². The van der Waals surface area contributed by atoms with Gasteiger partial charge in [-0.1, -0.05) is 25.7 Å². The Hall–Kier alpha value is -0.370. The van der Waals surface area contributed by atoms with Gasteiger partial charge in [-0.05, 0) is 19.3 Å². The molecule has 1 aliphatic rings. The maximum absolute atomic E-state index is 11.5. The summed E-state index contributed by atoms with van der Waals surface area (Å²) in [6.07, 6.45) is 7.66. The van der Waals surface area contributed by atoms with Crippen LogP contribution in [-0.4, -0.2) is 19.0 Å². The third-order valence-corrected chi connectivity index (χ3v) is 2.94. The molecule has 0 aromatic carbocycles. The van der Waals surface area contributed by atoms with Crippen molar-refractivity contribution in [1.82, 2.24) is 0 Å². The van der Waals surface area contributed by atoms with E-state index in [1.165, 1.54) is 25.7 Å². The van der Waals surface area contributed by atoms with Crippen LogP contribution in [0.3, 0.4) is 0 Å². The molecule has 0 spiro atoms. The number of carbonyl (C=O) groups is 1. The van der Waals surface area contributed by atoms with E-state index >= 15 is 0 Å². The second-order valence-electron chi connectivity index (χ2n) is 4.19. The molecule has 2 nitrogen and oxygen atoms in total. The number of ketones is 1. The first-order valence-electron chi connectivity index (χ1n) is 5.92. The first kappa shape index (κ1) is 11.7. The largest absolute Gasteiger partial charge is 0.382 e. The smallest absolute Gasteiger partial charge is 0.133 e. The van der Waals surface area contributed by atoms with Gasteiger partial charge in [0.25, 0.3) is 0 Å². The Kier molecular flexibility index (Phi) is 5.85. The maximum atomic E-state index is 11.5. The van der Waals surface area contributed by atoms with Gasteiger partial charge in [0.15, 0.2) is 0 Å². The van der Waals surface area contributed by atoms with Gasteiger partial charge in [0.2, 0.25) is 0 Å². The van der Waals surface area contributed by atoms with Crippen LogP contribution < -0.4 is 0 Å². The Balaban J connectivity index is 1.98. The highest BCUT2D eigenvalue weighted by Gasteiger charge is 2.17. The molecule has 0 saturated heterocycles. The summed E-state index contributed by atoms with van der Waals surface area (Å²) in [6, 6.07) is 0. The zero-order valence-electron chi connectivity index (χ0n) is 9.26. The van der Waals surface area contributed by atoms with Gasteiger partial charge in [-0.25, -0.2) is 0 Å². The van der Waals surface area contributed by atoms with Gasteiger partial charge in [0, 0.05) is 26.1 Å². The molecular weight excluding hydrogens is 176 g/mol. The van der Waals surface area contributed by atoms with E-state index in [4.69, 9.17) is 4.74 Å². The summed E-state index contributed by atoms with van der Waals surface area (Å²) in [7, 11) is 0. The molecule has 0 aliphatic heterocycles. The summed E-state index contributed by atoms with van der Waals surface area (Å²) in [4.78, 5) is 11.5. The average Bonchev–Trinajstić information content (AvgIpc) is 2.65. The molecule has 0 atom stereocenters. The van der Waals surface area contributed by atoms with Crippen molar-refractivity contribution in [3.8, 4) is 0 Å². The van der Waals surface area contributed by atoms with Crippen molar-refractivity contribution < 1.29 is 9.53 Å². The van der Waals surface area contributed by atoms with Crippen molar-refractivity contribution in [2.45, 2.75) is 51.9 Å². The predicted molar refractivity (Wildman–Crippen MR) is 57.3 cm³/mol. The first-order chi connectivity index (χ1) is 6.83. The SMILES string of the molecule is CCOCCCC(=O)CC1CCCC1. The lowest BCUT2D eigenvalue weighted by Crippen LogP contribution is -2.06. The van der Waals surface area contributed by atoms with E-state index < -0.39 is 0 Å². The van der Waals surface area contributed by atoms with Gasteiger partial charge in [0.1, 0.15) is 5.78 Å². The van der Waals surface area contributed by atoms with Crippen molar-refractivity contribution in [1.29, 1.82) is 0 Å². The second-order valence-corrected chi connectivity index (χ2v) is 4.19. The van der Waals surface area contributed by atoms with Gasteiger partial charge in [-0.3, -0.25) is 4.79 Å². The summed E-state index contributed by atoms with van der Waals surface area (Å²) in [5.41, 5.74) is 0. The molecular formula is C12H22O2. The quantitative estimate of drug-likeness (QED) is 0.588. The van der Waals surface area contributed by atoms with E-state index in [-0.39, 0.29) is 0 Å². The minimum Gasteiger partial charge on any atom is -0.382 e. The van der Waals surface area contributed by atoms with Gasteiger partial charge in [-0.15, -0.1) is 0 Å². The van der Waals surface area contributed by atoms with Crippen LogP contribution in [-0.2, 0) is 9.53 Å². The van der Waals surface area contributed by atoms with Crippen molar-refractivity contribution in [2.75, 3.05) is 13.2 Å². The van der Waals surface area contributed by atoms with Gasteiger partial charge >= 0.3 is 0 Å². The normalized spacial score (nSPS) is 17.5. The molecule has 0 unspecified atom stereocenters. The lowest BCUT2D eigenvalue weighted by Gasteiger charge is -2.07. The van der Waals surface area contributed by atoms with Crippen LogP contribution in [0.2, 0.25) is 0 Å². The van der Waals surface area contributed by atoms with Crippen LogP contribution in [0.1, 0.15) is 51.9 Å². The Bertz CT molecular complexity index is 160. The number of carbonyl (C=O) groups excluding carboxylic acids is 1. The molecule has 82 valence electrons. The zero-order chi connectivity index (χ0) is 10.2. The Morgan fingerprint density at radius 1 is 1.36 bits per heavy atom. The highest BCUT2D eigenvalue weighted by Crippen LogP contribution is 2.28. The fourth-order valence-electron chi connectivity index (χ4n) is 2.15. The van der Waals surface area contributed by atoms with E-state index in [1.807, 2.05) is 6.92 Å². The Labute approximate surface area is 87.0 Å². The van der Waals surface area contributed by atoms with E-state index in [9.17, 15) is 4.79 Å². The fraction of sp³-hybridized carbons (Fsp3) is 0.917. The van der Waals surface area contributed by atoms with E-state index in [0.29, 0.717) is 11.7 Å². The molecule has 0 N–H and O–H groups in total. The lowest BCUT2D eigenvalue weighted by molar-refractivity contribution is -0.120. The first-order valence-corrected chi connectivity index (χ1v) is 5.92. The molecule has 14 heavy (non-hydrogen) atoms. The summed E-state index contributed by atoms with van der Waals surface area (Å²) >= 11 is 0. The predicted octanol–water partition coefficient (Wildman–Crippen LogP) is 2.95. The second kappa shape index (κ2) is 6.99. The van der Waals surface area contributed by atoms with Crippen molar-refractivity contribution >= 4 is 5.78 Å². The van der Waals surface area contributed by atoms with E-state index in [2.05, 4.69) is 0 Å². The molecule has 0 bridgehead atoms. The number of ether oxygens (including phenoxy) is 1. The topological polar surface area (TPSA) is 26.3 Å². The van der Waals surface area contributed by atoms with E-state index in [1.54, 1.807) is 0 Å². The molecule has 0 aromatic rings. The standard InChI is InChI=1S/C12H22O2/c1-2-14-9-5-8-12(13)10-11-6-3-4-7-11/h11H,2-10H2,1H3. The Morgan fingerprint density at radius 2 is 2.07 bits per heavy atom. The van der Waals surface area contributed by atoms with Crippen LogP contribution in [0.5, 0.6) is 0 Å². The van der Waals surface area contributed by atoms with Crippen LogP contribution in [0.4, 0.5) is 0 Å². The van der Waals surface area contributed by atoms with E-state index in [0.717, 1.165) is 32.5 Å². The molecule has 1 aliphatic carbocycles. The van der Waals surface area contributed by atoms with Crippen LogP contribution >= 0.6 is 0 Å². The molecule has 0 amide bonds. The number of Topliss-reactive ketones (excluding diaryl/α,β-unsaturated/α-hetero) is 1. The van der Waals surface area contributed by atoms with Crippen LogP contribution in [0.15, 0.2) is 0 Å². The molecule has 1 fully saturated rings. The summed E-state index contributed by atoms with van der Waals surface area (Å²) in [6.45, 7) is 3.49. The summed E-state index contributed by atoms with van der Waals surface area (Å²) in [5, 5.41) is 0. The lowest BCUT2D eigenvalue weighted by atomic mass is 9.99. The summed E-state index contributed by atoms with van der Waals surface area (Å²) in [5.74, 6) is 1.14. The molecule has 0 aromatic heterocycles. The van der Waals surface area contributed by atoms with Crippen molar-refractivity contribution in [3.05, 3.63) is 0 Å². The molecule has 0 radical (unpaired) electrons. The van der Waals surface area contributed by atoms with Crippen molar-refractivity contribution in [2.24, 2.45) is 5.92 Å². The number of hydrogen-bond acceptors (Lipinski definition) is 2. The third kappa shape index (κ3) is 4.75. The fourth-order valence-corrected chi connectivity index (χ4v) is 2.15.